The van der Waals surface area contributed by atoms with Crippen molar-refractivity contribution in [1.29, 1.82) is 0 Å². The van der Waals surface area contributed by atoms with Crippen molar-refractivity contribution >= 4 is 0 Å². The minimum atomic E-state index is 0.319. The predicted octanol–water partition coefficient (Wildman–Crippen LogP) is 1.86. The number of aromatic nitrogens is 1. The number of hydrogen-bond acceptors (Lipinski definition) is 2. The van der Waals surface area contributed by atoms with Gasteiger partial charge in [0.15, 0.2) is 0 Å². The van der Waals surface area contributed by atoms with Gasteiger partial charge in [0.25, 0.3) is 0 Å². The molecule has 3 heteroatoms. The van der Waals surface area contributed by atoms with Crippen LogP contribution in [0, 0.1) is 5.41 Å². The van der Waals surface area contributed by atoms with Gasteiger partial charge in [-0.3, -0.25) is 0 Å². The predicted molar refractivity (Wildman–Crippen MR) is 69.4 cm³/mol. The summed E-state index contributed by atoms with van der Waals surface area (Å²) < 4.78 is 0. The van der Waals surface area contributed by atoms with Gasteiger partial charge >= 0.3 is 0 Å². The van der Waals surface area contributed by atoms with Gasteiger partial charge in [0.2, 0.25) is 0 Å². The van der Waals surface area contributed by atoms with Crippen LogP contribution in [0.4, 0.5) is 0 Å². The molecule has 0 atom stereocenters. The second-order valence-corrected chi connectivity index (χ2v) is 5.39. The quantitative estimate of drug-likeness (QED) is 0.741. The van der Waals surface area contributed by atoms with Crippen LogP contribution in [0.1, 0.15) is 26.0 Å². The maximum absolute atomic E-state index is 5.62. The van der Waals surface area contributed by atoms with E-state index in [1.54, 1.807) is 0 Å². The zero-order valence-corrected chi connectivity index (χ0v) is 10.8. The highest BCUT2D eigenvalue weighted by Gasteiger charge is 2.18. The Kier molecular flexibility index (Phi) is 5.03. The van der Waals surface area contributed by atoms with Crippen LogP contribution in [0.25, 0.3) is 0 Å². The van der Waals surface area contributed by atoms with Gasteiger partial charge < -0.3 is 15.6 Å². The SMILES string of the molecule is CN(CCc1ccc[nH]1)CC(C)(C)CCN. The summed E-state index contributed by atoms with van der Waals surface area (Å²) in [5.74, 6) is 0. The molecule has 0 bridgehead atoms. The molecule has 0 spiro atoms. The monoisotopic (exact) mass is 223 g/mol. The minimum absolute atomic E-state index is 0.319. The van der Waals surface area contributed by atoms with Crippen molar-refractivity contribution in [2.45, 2.75) is 26.7 Å². The molecular weight excluding hydrogens is 198 g/mol. The Morgan fingerprint density at radius 2 is 2.19 bits per heavy atom. The topological polar surface area (TPSA) is 45.0 Å². The van der Waals surface area contributed by atoms with Crippen molar-refractivity contribution in [2.75, 3.05) is 26.7 Å². The number of nitrogens with zero attached hydrogens (tertiary/aromatic N) is 1. The Bertz CT molecular complexity index is 277. The smallest absolute Gasteiger partial charge is 0.0159 e. The summed E-state index contributed by atoms with van der Waals surface area (Å²) in [4.78, 5) is 5.62. The van der Waals surface area contributed by atoms with E-state index in [4.69, 9.17) is 5.73 Å². The molecule has 1 aromatic heterocycles. The molecule has 0 aliphatic rings. The number of hydrogen-bond donors (Lipinski definition) is 2. The first-order valence-electron chi connectivity index (χ1n) is 6.04. The highest BCUT2D eigenvalue weighted by Crippen LogP contribution is 2.20. The first kappa shape index (κ1) is 13.3. The number of aromatic amines is 1. The maximum atomic E-state index is 5.62. The molecule has 3 nitrogen and oxygen atoms in total. The van der Waals surface area contributed by atoms with E-state index in [1.165, 1.54) is 5.69 Å². The standard InChI is InChI=1S/C13H25N3/c1-13(2,7-8-14)11-16(3)10-6-12-5-4-9-15-12/h4-5,9,15H,6-8,10-11,14H2,1-3H3. The Hall–Kier alpha value is -0.800. The first-order valence-corrected chi connectivity index (χ1v) is 6.04. The summed E-state index contributed by atoms with van der Waals surface area (Å²) in [7, 11) is 2.18. The van der Waals surface area contributed by atoms with Crippen molar-refractivity contribution in [3.63, 3.8) is 0 Å². The van der Waals surface area contributed by atoms with Gasteiger partial charge in [0.05, 0.1) is 0 Å². The van der Waals surface area contributed by atoms with Gasteiger partial charge in [0.1, 0.15) is 0 Å². The van der Waals surface area contributed by atoms with Crippen molar-refractivity contribution in [1.82, 2.24) is 9.88 Å². The Morgan fingerprint density at radius 1 is 1.44 bits per heavy atom. The Morgan fingerprint density at radius 3 is 2.75 bits per heavy atom. The van der Waals surface area contributed by atoms with E-state index in [1.807, 2.05) is 12.3 Å². The molecule has 1 rings (SSSR count). The number of likely N-dealkylation sites (N-methyl/N-ethyl adjacent to an activating group) is 1. The zero-order chi connectivity index (χ0) is 12.0. The van der Waals surface area contributed by atoms with Gasteiger partial charge in [-0.2, -0.15) is 0 Å². The highest BCUT2D eigenvalue weighted by atomic mass is 15.1. The van der Waals surface area contributed by atoms with Crippen LogP contribution >= 0.6 is 0 Å². The lowest BCUT2D eigenvalue weighted by atomic mass is 9.89. The molecule has 0 fully saturated rings. The van der Waals surface area contributed by atoms with E-state index in [-0.39, 0.29) is 0 Å². The average molecular weight is 223 g/mol. The molecule has 92 valence electrons. The van der Waals surface area contributed by atoms with Crippen LogP contribution in [-0.2, 0) is 6.42 Å². The molecule has 0 aliphatic carbocycles. The van der Waals surface area contributed by atoms with Gasteiger partial charge in [-0.25, -0.2) is 0 Å². The van der Waals surface area contributed by atoms with Crippen LogP contribution in [0.3, 0.4) is 0 Å². The van der Waals surface area contributed by atoms with Crippen LogP contribution in [-0.4, -0.2) is 36.6 Å². The summed E-state index contributed by atoms with van der Waals surface area (Å²) in [6, 6.07) is 4.19. The molecule has 0 radical (unpaired) electrons. The summed E-state index contributed by atoms with van der Waals surface area (Å²) in [6.07, 6.45) is 4.15. The van der Waals surface area contributed by atoms with Crippen molar-refractivity contribution in [3.8, 4) is 0 Å². The van der Waals surface area contributed by atoms with Crippen LogP contribution in [0.2, 0.25) is 0 Å². The fraction of sp³-hybridized carbons (Fsp3) is 0.692. The number of nitrogens with one attached hydrogen (secondary N) is 1. The minimum Gasteiger partial charge on any atom is -0.365 e. The average Bonchev–Trinajstić information content (AvgIpc) is 2.66. The van der Waals surface area contributed by atoms with Gasteiger partial charge in [-0.05, 0) is 37.6 Å². The van der Waals surface area contributed by atoms with Crippen LogP contribution < -0.4 is 5.73 Å². The molecule has 3 N–H and O–H groups in total. The number of rotatable bonds is 7. The molecule has 0 saturated heterocycles. The molecular formula is C13H25N3. The van der Waals surface area contributed by atoms with E-state index in [0.717, 1.165) is 32.5 Å². The van der Waals surface area contributed by atoms with E-state index in [9.17, 15) is 0 Å². The molecule has 1 heterocycles. The van der Waals surface area contributed by atoms with Gasteiger partial charge in [0, 0.05) is 31.4 Å². The Labute approximate surface area is 99.0 Å². The van der Waals surface area contributed by atoms with Gasteiger partial charge in [-0.15, -0.1) is 0 Å². The zero-order valence-electron chi connectivity index (χ0n) is 10.8. The number of H-pyrrole nitrogens is 1. The van der Waals surface area contributed by atoms with Crippen LogP contribution in [0.5, 0.6) is 0 Å². The fourth-order valence-electron chi connectivity index (χ4n) is 2.11. The molecule has 0 aromatic carbocycles. The Balaban J connectivity index is 2.27. The third-order valence-electron chi connectivity index (χ3n) is 2.94. The second kappa shape index (κ2) is 6.06. The van der Waals surface area contributed by atoms with Crippen molar-refractivity contribution in [2.24, 2.45) is 11.1 Å². The highest BCUT2D eigenvalue weighted by molar-refractivity contribution is 5.03. The lowest BCUT2D eigenvalue weighted by molar-refractivity contribution is 0.202. The van der Waals surface area contributed by atoms with E-state index in [0.29, 0.717) is 5.41 Å². The second-order valence-electron chi connectivity index (χ2n) is 5.39. The lowest BCUT2D eigenvalue weighted by Gasteiger charge is -2.29. The van der Waals surface area contributed by atoms with E-state index < -0.39 is 0 Å². The molecule has 0 amide bonds. The largest absolute Gasteiger partial charge is 0.365 e. The third kappa shape index (κ3) is 4.81. The fourth-order valence-corrected chi connectivity index (χ4v) is 2.11. The van der Waals surface area contributed by atoms with E-state index in [2.05, 4.69) is 36.8 Å². The van der Waals surface area contributed by atoms with E-state index >= 15 is 0 Å². The van der Waals surface area contributed by atoms with Gasteiger partial charge in [-0.1, -0.05) is 13.8 Å². The first-order chi connectivity index (χ1) is 7.53. The summed E-state index contributed by atoms with van der Waals surface area (Å²) >= 11 is 0. The lowest BCUT2D eigenvalue weighted by Crippen LogP contribution is -2.34. The molecule has 0 saturated carbocycles. The summed E-state index contributed by atoms with van der Waals surface area (Å²) in [6.45, 7) is 7.53. The normalized spacial score (nSPS) is 12.3. The van der Waals surface area contributed by atoms with Crippen molar-refractivity contribution < 1.29 is 0 Å². The summed E-state index contributed by atoms with van der Waals surface area (Å²) in [5.41, 5.74) is 7.25. The maximum Gasteiger partial charge on any atom is 0.0159 e. The third-order valence-corrected chi connectivity index (χ3v) is 2.94. The molecule has 16 heavy (non-hydrogen) atoms. The van der Waals surface area contributed by atoms with Crippen LogP contribution in [0.15, 0.2) is 18.3 Å². The molecule has 0 unspecified atom stereocenters. The molecule has 0 aliphatic heterocycles. The number of nitrogens with two attached hydrogens (primary N) is 1. The molecule has 1 aromatic rings. The summed E-state index contributed by atoms with van der Waals surface area (Å²) in [5, 5.41) is 0. The van der Waals surface area contributed by atoms with Crippen molar-refractivity contribution in [3.05, 3.63) is 24.0 Å².